The Labute approximate surface area is 163 Å². The van der Waals surface area contributed by atoms with Gasteiger partial charge in [-0.3, -0.25) is 4.79 Å². The van der Waals surface area contributed by atoms with Crippen LogP contribution in [0.2, 0.25) is 4.34 Å². The van der Waals surface area contributed by atoms with Crippen LogP contribution in [0.1, 0.15) is 15.4 Å². The Bertz CT molecular complexity index is 910. The van der Waals surface area contributed by atoms with Crippen molar-refractivity contribution in [2.45, 2.75) is 6.92 Å². The zero-order valence-corrected chi connectivity index (χ0v) is 16.5. The Morgan fingerprint density at radius 1 is 1.27 bits per heavy atom. The summed E-state index contributed by atoms with van der Waals surface area (Å²) in [7, 11) is 1.59. The number of ether oxygens (including phenoxy) is 2. The van der Waals surface area contributed by atoms with Crippen molar-refractivity contribution < 1.29 is 14.3 Å². The third-order valence-electron chi connectivity index (χ3n) is 3.33. The van der Waals surface area contributed by atoms with Gasteiger partial charge in [0.25, 0.3) is 5.91 Å². The highest BCUT2D eigenvalue weighted by atomic mass is 35.5. The Balaban J connectivity index is 1.78. The lowest BCUT2D eigenvalue weighted by Crippen LogP contribution is -2.14. The summed E-state index contributed by atoms with van der Waals surface area (Å²) in [6.07, 6.45) is 1.61. The highest BCUT2D eigenvalue weighted by Crippen LogP contribution is 2.35. The molecule has 0 bridgehead atoms. The number of amides is 1. The number of thiazole rings is 1. The van der Waals surface area contributed by atoms with Gasteiger partial charge in [-0.15, -0.1) is 22.7 Å². The maximum Gasteiger partial charge on any atom is 0.267 e. The number of nitrogens with one attached hydrogen (secondary N) is 1. The van der Waals surface area contributed by atoms with Crippen molar-refractivity contribution in [2.24, 2.45) is 0 Å². The molecular weight excluding hydrogens is 394 g/mol. The fraction of sp³-hybridized carbons (Fsp3) is 0.235. The fourth-order valence-corrected chi connectivity index (χ4v) is 4.20. The molecule has 3 aromatic heterocycles. The normalized spacial score (nSPS) is 10.7. The quantitative estimate of drug-likeness (QED) is 0.581. The molecule has 3 aromatic rings. The van der Waals surface area contributed by atoms with Crippen molar-refractivity contribution in [2.75, 3.05) is 25.6 Å². The summed E-state index contributed by atoms with van der Waals surface area (Å²) in [6.45, 7) is 2.59. The van der Waals surface area contributed by atoms with Crippen molar-refractivity contribution >= 4 is 45.9 Å². The van der Waals surface area contributed by atoms with Gasteiger partial charge in [0, 0.05) is 13.3 Å². The van der Waals surface area contributed by atoms with Crippen LogP contribution < -0.4 is 10.1 Å². The highest BCUT2D eigenvalue weighted by Gasteiger charge is 2.19. The van der Waals surface area contributed by atoms with Crippen LogP contribution in [0.3, 0.4) is 0 Å². The van der Waals surface area contributed by atoms with Gasteiger partial charge in [0.1, 0.15) is 22.2 Å². The molecule has 1 amide bonds. The number of methoxy groups -OCH3 is 1. The van der Waals surface area contributed by atoms with E-state index in [1.54, 1.807) is 25.4 Å². The van der Waals surface area contributed by atoms with Crippen molar-refractivity contribution in [3.8, 4) is 15.8 Å². The molecular formula is C17H16ClN3O3S2. The first-order valence-corrected chi connectivity index (χ1v) is 9.71. The van der Waals surface area contributed by atoms with Gasteiger partial charge >= 0.3 is 0 Å². The minimum absolute atomic E-state index is 0.251. The molecule has 0 aliphatic rings. The zero-order valence-electron chi connectivity index (χ0n) is 14.1. The van der Waals surface area contributed by atoms with Gasteiger partial charge in [0.05, 0.1) is 21.5 Å². The molecule has 3 rings (SSSR count). The average Bonchev–Trinajstić information content (AvgIpc) is 3.22. The van der Waals surface area contributed by atoms with Crippen LogP contribution >= 0.6 is 34.3 Å². The third-order valence-corrected chi connectivity index (χ3v) is 5.89. The minimum Gasteiger partial charge on any atom is -0.474 e. The average molecular weight is 410 g/mol. The molecule has 0 saturated carbocycles. The standard InChI is InChI=1S/C17H16ClN3O3S2/c1-10-14(26-17(20-10)12-5-6-13(18)25-12)15(22)21-11-4-3-7-19-16(11)24-9-8-23-2/h3-7H,8-9H2,1-2H3,(H,21,22). The van der Waals surface area contributed by atoms with Crippen molar-refractivity contribution in [1.29, 1.82) is 0 Å². The van der Waals surface area contributed by atoms with E-state index < -0.39 is 0 Å². The van der Waals surface area contributed by atoms with E-state index in [1.165, 1.54) is 22.7 Å². The first kappa shape index (κ1) is 18.8. The largest absolute Gasteiger partial charge is 0.474 e. The molecule has 0 fully saturated rings. The summed E-state index contributed by atoms with van der Waals surface area (Å²) >= 11 is 8.74. The van der Waals surface area contributed by atoms with E-state index in [9.17, 15) is 4.79 Å². The van der Waals surface area contributed by atoms with Crippen LogP contribution in [0.15, 0.2) is 30.5 Å². The van der Waals surface area contributed by atoms with Gasteiger partial charge in [-0.25, -0.2) is 9.97 Å². The first-order valence-electron chi connectivity index (χ1n) is 7.69. The van der Waals surface area contributed by atoms with E-state index in [2.05, 4.69) is 15.3 Å². The lowest BCUT2D eigenvalue weighted by atomic mass is 10.3. The van der Waals surface area contributed by atoms with Crippen molar-refractivity contribution in [3.05, 3.63) is 45.4 Å². The van der Waals surface area contributed by atoms with Gasteiger partial charge in [-0.2, -0.15) is 0 Å². The molecule has 0 aliphatic heterocycles. The van der Waals surface area contributed by atoms with E-state index in [0.29, 0.717) is 39.7 Å². The van der Waals surface area contributed by atoms with E-state index in [4.69, 9.17) is 21.1 Å². The van der Waals surface area contributed by atoms with Gasteiger partial charge in [-0.05, 0) is 31.2 Å². The lowest BCUT2D eigenvalue weighted by Gasteiger charge is -2.10. The lowest BCUT2D eigenvalue weighted by molar-refractivity contribution is 0.102. The summed E-state index contributed by atoms with van der Waals surface area (Å²) in [6, 6.07) is 7.19. The third kappa shape index (κ3) is 4.39. The number of pyridine rings is 1. The van der Waals surface area contributed by atoms with Gasteiger partial charge < -0.3 is 14.8 Å². The van der Waals surface area contributed by atoms with E-state index in [0.717, 1.165) is 9.88 Å². The predicted octanol–water partition coefficient (Wildman–Crippen LogP) is 4.51. The number of carbonyl (C=O) groups excluding carboxylic acids is 1. The number of halogens is 1. The number of hydrogen-bond acceptors (Lipinski definition) is 7. The number of carbonyl (C=O) groups is 1. The van der Waals surface area contributed by atoms with E-state index in [-0.39, 0.29) is 5.91 Å². The number of aryl methyl sites for hydroxylation is 1. The number of anilines is 1. The summed E-state index contributed by atoms with van der Waals surface area (Å²) in [5.74, 6) is 0.101. The summed E-state index contributed by atoms with van der Waals surface area (Å²) in [5, 5.41) is 3.62. The highest BCUT2D eigenvalue weighted by molar-refractivity contribution is 7.24. The van der Waals surface area contributed by atoms with Crippen molar-refractivity contribution in [1.82, 2.24) is 9.97 Å². The Morgan fingerprint density at radius 2 is 2.12 bits per heavy atom. The molecule has 0 radical (unpaired) electrons. The van der Waals surface area contributed by atoms with Crippen LogP contribution in [-0.4, -0.2) is 36.2 Å². The monoisotopic (exact) mass is 409 g/mol. The molecule has 9 heteroatoms. The minimum atomic E-state index is -0.251. The van der Waals surface area contributed by atoms with Crippen LogP contribution in [0.5, 0.6) is 5.88 Å². The second-order valence-corrected chi connectivity index (χ2v) is 7.90. The molecule has 136 valence electrons. The molecule has 0 aromatic carbocycles. The summed E-state index contributed by atoms with van der Waals surface area (Å²) in [5.41, 5.74) is 1.17. The molecule has 26 heavy (non-hydrogen) atoms. The number of rotatable bonds is 7. The number of nitrogens with zero attached hydrogens (tertiary/aromatic N) is 2. The number of thiophene rings is 1. The zero-order chi connectivity index (χ0) is 18.5. The van der Waals surface area contributed by atoms with Gasteiger partial charge in [0.2, 0.25) is 5.88 Å². The summed E-state index contributed by atoms with van der Waals surface area (Å²) in [4.78, 5) is 22.8. The molecule has 0 aliphatic carbocycles. The Hall–Kier alpha value is -2.00. The van der Waals surface area contributed by atoms with Crippen LogP contribution in [0.25, 0.3) is 9.88 Å². The maximum atomic E-state index is 12.7. The summed E-state index contributed by atoms with van der Waals surface area (Å²) < 4.78 is 11.2. The Kier molecular flexibility index (Phi) is 6.20. The van der Waals surface area contributed by atoms with Gasteiger partial charge in [0.15, 0.2) is 0 Å². The Morgan fingerprint density at radius 3 is 2.85 bits per heavy atom. The molecule has 0 atom stereocenters. The molecule has 0 spiro atoms. The van der Waals surface area contributed by atoms with Crippen LogP contribution in [0.4, 0.5) is 5.69 Å². The van der Waals surface area contributed by atoms with Gasteiger partial charge in [-0.1, -0.05) is 11.6 Å². The fourth-order valence-electron chi connectivity index (χ4n) is 2.14. The molecule has 3 heterocycles. The van der Waals surface area contributed by atoms with Crippen molar-refractivity contribution in [3.63, 3.8) is 0 Å². The molecule has 0 saturated heterocycles. The number of hydrogen-bond donors (Lipinski definition) is 1. The number of aromatic nitrogens is 2. The molecule has 1 N–H and O–H groups in total. The second kappa shape index (κ2) is 8.59. The maximum absolute atomic E-state index is 12.7. The SMILES string of the molecule is COCCOc1ncccc1NC(=O)c1sc(-c2ccc(Cl)s2)nc1C. The molecule has 6 nitrogen and oxygen atoms in total. The second-order valence-electron chi connectivity index (χ2n) is 5.19. The topological polar surface area (TPSA) is 73.3 Å². The van der Waals surface area contributed by atoms with Crippen LogP contribution in [0, 0.1) is 6.92 Å². The van der Waals surface area contributed by atoms with E-state index >= 15 is 0 Å². The van der Waals surface area contributed by atoms with E-state index in [1.807, 2.05) is 19.1 Å². The molecule has 0 unspecified atom stereocenters. The van der Waals surface area contributed by atoms with Crippen LogP contribution in [-0.2, 0) is 4.74 Å². The predicted molar refractivity (Wildman–Crippen MR) is 105 cm³/mol. The first-order chi connectivity index (χ1) is 12.6. The smallest absolute Gasteiger partial charge is 0.267 e.